The van der Waals surface area contributed by atoms with Gasteiger partial charge in [-0.05, 0) is 95.1 Å². The van der Waals surface area contributed by atoms with E-state index in [1.54, 1.807) is 79.6 Å². The molecule has 0 radical (unpaired) electrons. The van der Waals surface area contributed by atoms with Crippen molar-refractivity contribution in [3.8, 4) is 11.5 Å². The summed E-state index contributed by atoms with van der Waals surface area (Å²) in [6.07, 6.45) is 6.86. The highest BCUT2D eigenvalue weighted by molar-refractivity contribution is 7.92. The van der Waals surface area contributed by atoms with Gasteiger partial charge in [0.25, 0.3) is 0 Å². The number of ether oxygens (including phenoxy) is 1. The molecule has 5 aromatic rings. The number of pyridine rings is 2. The van der Waals surface area contributed by atoms with Gasteiger partial charge in [-0.3, -0.25) is 19.4 Å². The van der Waals surface area contributed by atoms with E-state index in [2.05, 4.69) is 20.4 Å². The molecule has 1 amide bonds. The average molecular weight is 598 g/mol. The summed E-state index contributed by atoms with van der Waals surface area (Å²) in [4.78, 5) is 21.6. The minimum absolute atomic E-state index is 0.149. The van der Waals surface area contributed by atoms with Gasteiger partial charge >= 0.3 is 0 Å². The minimum atomic E-state index is -3.82. The Kier molecular flexibility index (Phi) is 7.83. The van der Waals surface area contributed by atoms with E-state index in [-0.39, 0.29) is 22.8 Å². The average Bonchev–Trinajstić information content (AvgIpc) is 3.44. The van der Waals surface area contributed by atoms with Crippen molar-refractivity contribution in [2.45, 2.75) is 63.1 Å². The van der Waals surface area contributed by atoms with Crippen LogP contribution in [0.1, 0.15) is 51.4 Å². The van der Waals surface area contributed by atoms with Gasteiger partial charge in [0.1, 0.15) is 16.2 Å². The van der Waals surface area contributed by atoms with Gasteiger partial charge in [-0.15, -0.1) is 0 Å². The molecular weight excluding hydrogens is 562 g/mol. The molecule has 0 saturated carbocycles. The Hall–Kier alpha value is -4.57. The predicted octanol–water partition coefficient (Wildman–Crippen LogP) is 6.57. The lowest BCUT2D eigenvalue weighted by atomic mass is 10.1. The third-order valence-corrected chi connectivity index (χ3v) is 9.74. The predicted molar refractivity (Wildman–Crippen MR) is 167 cm³/mol. The van der Waals surface area contributed by atoms with Crippen LogP contribution in [0, 0.1) is 6.92 Å². The fourth-order valence-electron chi connectivity index (χ4n) is 4.71. The number of carbonyl (C=O) groups is 1. The van der Waals surface area contributed by atoms with E-state index in [0.717, 1.165) is 11.1 Å². The Bertz CT molecular complexity index is 1910. The van der Waals surface area contributed by atoms with Crippen LogP contribution in [-0.4, -0.2) is 34.1 Å². The van der Waals surface area contributed by atoms with Crippen LogP contribution in [-0.2, 0) is 31.3 Å². The third kappa shape index (κ3) is 6.15. The maximum absolute atomic E-state index is 13.8. The molecule has 3 aromatic heterocycles. The molecule has 10 heteroatoms. The number of hydrogen-bond donors (Lipinski definition) is 1. The van der Waals surface area contributed by atoms with Crippen LogP contribution in [0.4, 0.5) is 5.69 Å². The highest BCUT2D eigenvalue weighted by atomic mass is 32.2. The second-order valence-electron chi connectivity index (χ2n) is 12.0. The number of aryl methyl sites for hydroxylation is 1. The van der Waals surface area contributed by atoms with E-state index in [1.807, 2.05) is 52.1 Å². The lowest BCUT2D eigenvalue weighted by molar-refractivity contribution is -0.115. The van der Waals surface area contributed by atoms with Crippen LogP contribution in [0.2, 0.25) is 0 Å². The van der Waals surface area contributed by atoms with Crippen molar-refractivity contribution in [3.63, 3.8) is 0 Å². The summed E-state index contributed by atoms with van der Waals surface area (Å²) in [6.45, 7) is 11.3. The molecule has 0 fully saturated rings. The van der Waals surface area contributed by atoms with Crippen molar-refractivity contribution in [3.05, 3.63) is 102 Å². The Morgan fingerprint density at radius 2 is 1.72 bits per heavy atom. The van der Waals surface area contributed by atoms with Crippen molar-refractivity contribution in [1.29, 1.82) is 0 Å². The zero-order valence-electron chi connectivity index (χ0n) is 25.1. The summed E-state index contributed by atoms with van der Waals surface area (Å²) >= 11 is 0. The largest absolute Gasteiger partial charge is 0.456 e. The van der Waals surface area contributed by atoms with Crippen molar-refractivity contribution in [2.75, 3.05) is 5.32 Å². The quantitative estimate of drug-likeness (QED) is 0.215. The van der Waals surface area contributed by atoms with E-state index in [4.69, 9.17) is 4.74 Å². The molecule has 0 saturated heterocycles. The Morgan fingerprint density at radius 1 is 0.930 bits per heavy atom. The van der Waals surface area contributed by atoms with Gasteiger partial charge in [0.15, 0.2) is 9.84 Å². The molecule has 0 atom stereocenters. The second-order valence-corrected chi connectivity index (χ2v) is 14.5. The summed E-state index contributed by atoms with van der Waals surface area (Å²) < 4.78 is 34.4. The molecule has 1 N–H and O–H groups in total. The number of nitrogens with zero attached hydrogens (tertiary/aromatic N) is 4. The van der Waals surface area contributed by atoms with E-state index in [9.17, 15) is 13.2 Å². The zero-order chi connectivity index (χ0) is 31.0. The molecule has 43 heavy (non-hydrogen) atoms. The van der Waals surface area contributed by atoms with Crippen molar-refractivity contribution < 1.29 is 17.9 Å². The second kappa shape index (κ2) is 11.3. The number of nitrogens with one attached hydrogen (secondary N) is 1. The number of benzene rings is 2. The first kappa shape index (κ1) is 29.9. The van der Waals surface area contributed by atoms with E-state index in [0.29, 0.717) is 33.8 Å². The molecule has 5 rings (SSSR count). The summed E-state index contributed by atoms with van der Waals surface area (Å²) in [5.41, 5.74) is 3.19. The molecule has 222 valence electrons. The van der Waals surface area contributed by atoms with Crippen LogP contribution >= 0.6 is 0 Å². The number of carbonyl (C=O) groups excluding carboxylic acids is 1. The van der Waals surface area contributed by atoms with E-state index >= 15 is 0 Å². The first-order valence-corrected chi connectivity index (χ1v) is 15.4. The van der Waals surface area contributed by atoms with E-state index < -0.39 is 14.6 Å². The van der Waals surface area contributed by atoms with Crippen LogP contribution in [0.5, 0.6) is 11.5 Å². The van der Waals surface area contributed by atoms with Gasteiger partial charge in [0.2, 0.25) is 5.91 Å². The van der Waals surface area contributed by atoms with Crippen molar-refractivity contribution in [1.82, 2.24) is 19.7 Å². The number of hydrogen-bond acceptors (Lipinski definition) is 7. The molecule has 0 spiro atoms. The highest BCUT2D eigenvalue weighted by Gasteiger charge is 2.39. The summed E-state index contributed by atoms with van der Waals surface area (Å²) in [7, 11) is -3.82. The van der Waals surface area contributed by atoms with Crippen LogP contribution in [0.3, 0.4) is 0 Å². The normalized spacial score (nSPS) is 12.3. The van der Waals surface area contributed by atoms with Gasteiger partial charge in [0, 0.05) is 24.0 Å². The van der Waals surface area contributed by atoms with Crippen molar-refractivity contribution in [2.24, 2.45) is 0 Å². The molecule has 9 nitrogen and oxygen atoms in total. The number of aromatic nitrogens is 4. The first-order chi connectivity index (χ1) is 20.3. The summed E-state index contributed by atoms with van der Waals surface area (Å²) in [5, 5.41) is 7.79. The zero-order valence-corrected chi connectivity index (χ0v) is 25.9. The third-order valence-electron chi connectivity index (χ3n) is 7.31. The SMILES string of the molecule is Cc1cc(CC(=O)Nc2cnn(C(C)(C)C)c2)ccc1Oc1ccnc2ccc(S(=O)(=O)C(C)(C)c3ccccn3)cc12. The van der Waals surface area contributed by atoms with Crippen LogP contribution in [0.25, 0.3) is 10.9 Å². The van der Waals surface area contributed by atoms with Gasteiger partial charge in [-0.2, -0.15) is 5.10 Å². The molecule has 0 aliphatic rings. The summed E-state index contributed by atoms with van der Waals surface area (Å²) in [5.74, 6) is 0.913. The molecule has 3 heterocycles. The number of sulfone groups is 1. The van der Waals surface area contributed by atoms with Crippen molar-refractivity contribution >= 4 is 32.3 Å². The minimum Gasteiger partial charge on any atom is -0.456 e. The molecule has 0 aliphatic heterocycles. The molecule has 0 bridgehead atoms. The number of amides is 1. The van der Waals surface area contributed by atoms with Gasteiger partial charge in [0.05, 0.1) is 40.0 Å². The maximum Gasteiger partial charge on any atom is 0.228 e. The highest BCUT2D eigenvalue weighted by Crippen LogP contribution is 2.37. The lowest BCUT2D eigenvalue weighted by Crippen LogP contribution is -2.30. The Morgan fingerprint density at radius 3 is 2.40 bits per heavy atom. The number of rotatable bonds is 8. The van der Waals surface area contributed by atoms with Gasteiger partial charge in [-0.25, -0.2) is 8.42 Å². The number of fused-ring (bicyclic) bond motifs is 1. The van der Waals surface area contributed by atoms with Gasteiger partial charge < -0.3 is 10.1 Å². The van der Waals surface area contributed by atoms with E-state index in [1.165, 1.54) is 0 Å². The Balaban J connectivity index is 1.36. The molecule has 0 unspecified atom stereocenters. The standard InChI is InChI=1S/C33H35N5O4S/c1-22-17-23(18-31(39)37-24-20-36-38(21-24)32(2,3)4)10-13-28(22)42-29-14-16-34-27-12-11-25(19-26(27)29)43(40,41)33(5,6)30-9-7-8-15-35-30/h7-17,19-21H,18H2,1-6H3,(H,37,39). The van der Waals surface area contributed by atoms with Crippen LogP contribution < -0.4 is 10.1 Å². The maximum atomic E-state index is 13.8. The first-order valence-electron chi connectivity index (χ1n) is 13.9. The monoisotopic (exact) mass is 597 g/mol. The fourth-order valence-corrected chi connectivity index (χ4v) is 6.21. The topological polar surface area (TPSA) is 116 Å². The number of anilines is 1. The van der Waals surface area contributed by atoms with Gasteiger partial charge in [-0.1, -0.05) is 18.2 Å². The van der Waals surface area contributed by atoms with Crippen LogP contribution in [0.15, 0.2) is 90.3 Å². The molecular formula is C33H35N5O4S. The molecule has 2 aromatic carbocycles. The fraction of sp³-hybridized carbons (Fsp3) is 0.273. The molecule has 0 aliphatic carbocycles. The lowest BCUT2D eigenvalue weighted by Gasteiger charge is -2.24. The Labute approximate surface area is 251 Å². The smallest absolute Gasteiger partial charge is 0.228 e. The summed E-state index contributed by atoms with van der Waals surface area (Å²) in [6, 6.07) is 17.4.